The van der Waals surface area contributed by atoms with Crippen LogP contribution < -0.4 is 21.9 Å². The zero-order valence-electron chi connectivity index (χ0n) is 11.6. The molecule has 1 atom stereocenters. The van der Waals surface area contributed by atoms with Crippen LogP contribution in [0.1, 0.15) is 36.6 Å². The van der Waals surface area contributed by atoms with E-state index in [1.807, 2.05) is 6.92 Å². The first-order chi connectivity index (χ1) is 9.60. The zero-order chi connectivity index (χ0) is 14.3. The van der Waals surface area contributed by atoms with Crippen molar-refractivity contribution < 1.29 is 4.79 Å². The molecule has 7 nitrogen and oxygen atoms in total. The van der Waals surface area contributed by atoms with Crippen LogP contribution in [0, 0.1) is 12.8 Å². The molecule has 1 amide bonds. The Kier molecular flexibility index (Phi) is 3.21. The van der Waals surface area contributed by atoms with Crippen LogP contribution in [-0.4, -0.2) is 29.0 Å². The largest absolute Gasteiger partial charge is 0.369 e. The molecule has 3 rings (SSSR count). The number of carbonyl (C=O) groups is 1. The van der Waals surface area contributed by atoms with Crippen molar-refractivity contribution in [2.75, 3.05) is 23.4 Å². The fraction of sp³-hybridized carbons (Fsp3) is 0.615. The Balaban J connectivity index is 1.92. The molecule has 2 heterocycles. The second-order valence-electron chi connectivity index (χ2n) is 5.63. The number of rotatable bonds is 4. The van der Waals surface area contributed by atoms with Crippen molar-refractivity contribution >= 4 is 17.5 Å². The molecule has 20 heavy (non-hydrogen) atoms. The summed E-state index contributed by atoms with van der Waals surface area (Å²) < 4.78 is 0. The lowest BCUT2D eigenvalue weighted by molar-refractivity contribution is -0.121. The van der Waals surface area contributed by atoms with Crippen LogP contribution in [0.4, 0.5) is 11.6 Å². The van der Waals surface area contributed by atoms with Gasteiger partial charge in [-0.25, -0.2) is 15.8 Å². The molecule has 1 aromatic rings. The van der Waals surface area contributed by atoms with Crippen LogP contribution in [0.15, 0.2) is 0 Å². The van der Waals surface area contributed by atoms with Gasteiger partial charge in [-0.3, -0.25) is 4.79 Å². The predicted octanol–water partition coefficient (Wildman–Crippen LogP) is 0.260. The van der Waals surface area contributed by atoms with Gasteiger partial charge in [0, 0.05) is 24.6 Å². The third-order valence-electron chi connectivity index (χ3n) is 4.11. The van der Waals surface area contributed by atoms with Crippen LogP contribution in [0.2, 0.25) is 0 Å². The van der Waals surface area contributed by atoms with E-state index in [-0.39, 0.29) is 11.8 Å². The van der Waals surface area contributed by atoms with Crippen LogP contribution in [0.25, 0.3) is 0 Å². The number of hydrogen-bond donors (Lipinski definition) is 3. The van der Waals surface area contributed by atoms with Crippen molar-refractivity contribution in [3.63, 3.8) is 0 Å². The molecule has 1 aliphatic heterocycles. The van der Waals surface area contributed by atoms with Crippen molar-refractivity contribution in [2.45, 2.75) is 32.1 Å². The topological polar surface area (TPSA) is 110 Å². The van der Waals surface area contributed by atoms with E-state index < -0.39 is 0 Å². The fourth-order valence-corrected chi connectivity index (χ4v) is 2.68. The maximum atomic E-state index is 11.3. The molecule has 5 N–H and O–H groups in total. The van der Waals surface area contributed by atoms with Gasteiger partial charge in [0.15, 0.2) is 0 Å². The number of hydrogen-bond acceptors (Lipinski definition) is 6. The molecule has 0 bridgehead atoms. The normalized spacial score (nSPS) is 22.1. The summed E-state index contributed by atoms with van der Waals surface area (Å²) in [6.45, 7) is 3.36. The van der Waals surface area contributed by atoms with Crippen LogP contribution >= 0.6 is 0 Å². The number of amides is 1. The van der Waals surface area contributed by atoms with Gasteiger partial charge in [0.25, 0.3) is 0 Å². The van der Waals surface area contributed by atoms with Gasteiger partial charge in [0.05, 0.1) is 5.92 Å². The summed E-state index contributed by atoms with van der Waals surface area (Å²) >= 11 is 0. The predicted molar refractivity (Wildman–Crippen MR) is 76.1 cm³/mol. The quantitative estimate of drug-likeness (QED) is 0.537. The van der Waals surface area contributed by atoms with Crippen molar-refractivity contribution in [1.82, 2.24) is 9.97 Å². The van der Waals surface area contributed by atoms with E-state index in [0.717, 1.165) is 43.0 Å². The summed E-state index contributed by atoms with van der Waals surface area (Å²) in [6, 6.07) is 0. The van der Waals surface area contributed by atoms with E-state index >= 15 is 0 Å². The Labute approximate surface area is 117 Å². The van der Waals surface area contributed by atoms with E-state index in [1.165, 1.54) is 0 Å². The summed E-state index contributed by atoms with van der Waals surface area (Å²) in [5.74, 6) is 8.06. The molecule has 1 unspecified atom stereocenters. The van der Waals surface area contributed by atoms with Gasteiger partial charge in [0.2, 0.25) is 5.91 Å². The Hall–Kier alpha value is -1.89. The number of nitrogens with one attached hydrogen (secondary N) is 1. The number of carbonyl (C=O) groups excluding carboxylic acids is 1. The van der Waals surface area contributed by atoms with Crippen molar-refractivity contribution in [1.29, 1.82) is 0 Å². The number of hydrazine groups is 1. The Morgan fingerprint density at radius 2 is 2.10 bits per heavy atom. The minimum atomic E-state index is -0.237. The van der Waals surface area contributed by atoms with Gasteiger partial charge in [-0.05, 0) is 26.2 Å². The molecule has 108 valence electrons. The van der Waals surface area contributed by atoms with Crippen molar-refractivity contribution in [3.8, 4) is 0 Å². The van der Waals surface area contributed by atoms with Gasteiger partial charge in [-0.2, -0.15) is 0 Å². The minimum absolute atomic E-state index is 0.0944. The van der Waals surface area contributed by atoms with E-state index in [0.29, 0.717) is 18.3 Å². The maximum absolute atomic E-state index is 11.3. The van der Waals surface area contributed by atoms with Crippen LogP contribution in [0.3, 0.4) is 0 Å². The number of primary amides is 1. The highest BCUT2D eigenvalue weighted by Crippen LogP contribution is 2.40. The SMILES string of the molecule is Cc1c(NN)nc(C2CC2)nc1N1CCC(C(N)=O)C1. The first-order valence-corrected chi connectivity index (χ1v) is 6.99. The van der Waals surface area contributed by atoms with Gasteiger partial charge < -0.3 is 16.1 Å². The summed E-state index contributed by atoms with van der Waals surface area (Å²) in [7, 11) is 0. The highest BCUT2D eigenvalue weighted by molar-refractivity contribution is 5.78. The molecular weight excluding hydrogens is 256 g/mol. The first-order valence-electron chi connectivity index (χ1n) is 6.99. The highest BCUT2D eigenvalue weighted by Gasteiger charge is 2.32. The highest BCUT2D eigenvalue weighted by atomic mass is 16.1. The Morgan fingerprint density at radius 1 is 1.35 bits per heavy atom. The van der Waals surface area contributed by atoms with E-state index in [1.54, 1.807) is 0 Å². The summed E-state index contributed by atoms with van der Waals surface area (Å²) in [5.41, 5.74) is 8.95. The zero-order valence-corrected chi connectivity index (χ0v) is 11.6. The summed E-state index contributed by atoms with van der Waals surface area (Å²) in [4.78, 5) is 22.6. The average Bonchev–Trinajstić information content (AvgIpc) is 3.16. The summed E-state index contributed by atoms with van der Waals surface area (Å²) in [5, 5.41) is 0. The number of anilines is 2. The van der Waals surface area contributed by atoms with Gasteiger partial charge in [-0.1, -0.05) is 0 Å². The molecule has 1 aliphatic carbocycles. The second-order valence-corrected chi connectivity index (χ2v) is 5.63. The van der Waals surface area contributed by atoms with Gasteiger partial charge in [-0.15, -0.1) is 0 Å². The molecule has 7 heteroatoms. The molecule has 0 aromatic carbocycles. The number of nitrogens with zero attached hydrogens (tertiary/aromatic N) is 3. The lowest BCUT2D eigenvalue weighted by Gasteiger charge is -2.21. The minimum Gasteiger partial charge on any atom is -0.369 e. The smallest absolute Gasteiger partial charge is 0.222 e. The molecule has 0 spiro atoms. The van der Waals surface area contributed by atoms with E-state index in [9.17, 15) is 4.79 Å². The van der Waals surface area contributed by atoms with Crippen LogP contribution in [-0.2, 0) is 4.79 Å². The molecule has 2 aliphatic rings. The van der Waals surface area contributed by atoms with Crippen LogP contribution in [0.5, 0.6) is 0 Å². The lowest BCUT2D eigenvalue weighted by atomic mass is 10.1. The maximum Gasteiger partial charge on any atom is 0.222 e. The van der Waals surface area contributed by atoms with Gasteiger partial charge in [0.1, 0.15) is 17.5 Å². The molecule has 0 radical (unpaired) electrons. The monoisotopic (exact) mass is 276 g/mol. The Morgan fingerprint density at radius 3 is 2.65 bits per heavy atom. The number of nitrogen functional groups attached to an aromatic ring is 1. The Bertz CT molecular complexity index is 542. The molecule has 2 fully saturated rings. The first kappa shape index (κ1) is 13.1. The third kappa shape index (κ3) is 2.29. The van der Waals surface area contributed by atoms with E-state index in [4.69, 9.17) is 11.6 Å². The standard InChI is InChI=1S/C13H20N6O/c1-7-11(18-15)16-12(8-2-3-8)17-13(7)19-5-4-9(6-19)10(14)20/h8-9H,2-6,15H2,1H3,(H2,14,20)(H,16,17,18). The van der Waals surface area contributed by atoms with Crippen molar-refractivity contribution in [2.24, 2.45) is 17.5 Å². The molecule has 1 saturated carbocycles. The van der Waals surface area contributed by atoms with E-state index in [2.05, 4.69) is 20.3 Å². The lowest BCUT2D eigenvalue weighted by Crippen LogP contribution is -2.28. The van der Waals surface area contributed by atoms with Gasteiger partial charge >= 0.3 is 0 Å². The molecular formula is C13H20N6O. The molecule has 1 saturated heterocycles. The molecule has 1 aromatic heterocycles. The summed E-state index contributed by atoms with van der Waals surface area (Å²) in [6.07, 6.45) is 3.05. The third-order valence-corrected chi connectivity index (χ3v) is 4.11. The number of nitrogens with two attached hydrogens (primary N) is 2. The van der Waals surface area contributed by atoms with Crippen molar-refractivity contribution in [3.05, 3.63) is 11.4 Å². The fourth-order valence-electron chi connectivity index (χ4n) is 2.68. The number of aromatic nitrogens is 2. The average molecular weight is 276 g/mol. The second kappa shape index (κ2) is 4.90.